The molecule has 24 heavy (non-hydrogen) atoms. The molecule has 4 rings (SSSR count). The maximum atomic E-state index is 12.7. The van der Waals surface area contributed by atoms with Crippen molar-refractivity contribution in [3.05, 3.63) is 48.2 Å². The first kappa shape index (κ1) is 14.8. The van der Waals surface area contributed by atoms with Crippen LogP contribution >= 0.6 is 0 Å². The van der Waals surface area contributed by atoms with Crippen molar-refractivity contribution >= 4 is 33.6 Å². The van der Waals surface area contributed by atoms with E-state index in [-0.39, 0.29) is 17.7 Å². The van der Waals surface area contributed by atoms with Crippen LogP contribution in [0.25, 0.3) is 21.7 Å². The van der Waals surface area contributed by atoms with Crippen LogP contribution in [0.5, 0.6) is 0 Å². The number of carbonyl (C=O) groups excluding carboxylic acids is 2. The van der Waals surface area contributed by atoms with Gasteiger partial charge in [0.05, 0.1) is 0 Å². The van der Waals surface area contributed by atoms with Gasteiger partial charge in [0.15, 0.2) is 5.76 Å². The lowest BCUT2D eigenvalue weighted by Crippen LogP contribution is -2.41. The average Bonchev–Trinajstić information content (AvgIpc) is 3.06. The molecule has 1 aromatic heterocycles. The average molecular weight is 322 g/mol. The second-order valence-electron chi connectivity index (χ2n) is 6.28. The maximum Gasteiger partial charge on any atom is 0.289 e. The van der Waals surface area contributed by atoms with E-state index < -0.39 is 0 Å². The van der Waals surface area contributed by atoms with Gasteiger partial charge in [-0.3, -0.25) is 9.59 Å². The van der Waals surface area contributed by atoms with Gasteiger partial charge in [-0.25, -0.2) is 0 Å². The van der Waals surface area contributed by atoms with Gasteiger partial charge in [0.2, 0.25) is 5.91 Å². The molecule has 0 unspecified atom stereocenters. The van der Waals surface area contributed by atoms with Crippen LogP contribution in [0, 0.1) is 5.92 Å². The fourth-order valence-corrected chi connectivity index (χ4v) is 3.42. The summed E-state index contributed by atoms with van der Waals surface area (Å²) in [6, 6.07) is 13.7. The van der Waals surface area contributed by atoms with Gasteiger partial charge in [0, 0.05) is 24.4 Å². The van der Waals surface area contributed by atoms with E-state index in [9.17, 15) is 9.59 Å². The Morgan fingerprint density at radius 3 is 2.54 bits per heavy atom. The van der Waals surface area contributed by atoms with Crippen LogP contribution in [-0.2, 0) is 4.79 Å². The highest BCUT2D eigenvalue weighted by molar-refractivity contribution is 6.08. The van der Waals surface area contributed by atoms with Gasteiger partial charge in [0.1, 0.15) is 5.58 Å². The molecule has 0 radical (unpaired) electrons. The Hall–Kier alpha value is -2.82. The van der Waals surface area contributed by atoms with Crippen molar-refractivity contribution in [3.8, 4) is 0 Å². The molecule has 1 aliphatic rings. The van der Waals surface area contributed by atoms with Gasteiger partial charge < -0.3 is 15.1 Å². The zero-order chi connectivity index (χ0) is 16.7. The zero-order valence-corrected chi connectivity index (χ0v) is 13.2. The number of nitrogens with two attached hydrogens (primary N) is 1. The Morgan fingerprint density at radius 2 is 1.79 bits per heavy atom. The Balaban J connectivity index is 1.63. The van der Waals surface area contributed by atoms with Crippen molar-refractivity contribution < 1.29 is 14.0 Å². The van der Waals surface area contributed by atoms with Gasteiger partial charge in [-0.05, 0) is 35.7 Å². The van der Waals surface area contributed by atoms with Crippen molar-refractivity contribution in [3.63, 3.8) is 0 Å². The number of hydrogen-bond donors (Lipinski definition) is 1. The summed E-state index contributed by atoms with van der Waals surface area (Å²) in [6.07, 6.45) is 1.23. The van der Waals surface area contributed by atoms with E-state index in [4.69, 9.17) is 10.2 Å². The molecule has 122 valence electrons. The molecular formula is C19H18N2O3. The van der Waals surface area contributed by atoms with Crippen LogP contribution in [-0.4, -0.2) is 29.8 Å². The number of rotatable bonds is 2. The summed E-state index contributed by atoms with van der Waals surface area (Å²) in [5.74, 6) is -0.192. The van der Waals surface area contributed by atoms with E-state index >= 15 is 0 Å². The number of amides is 2. The fraction of sp³-hybridized carbons (Fsp3) is 0.263. The predicted octanol–water partition coefficient (Wildman–Crippen LogP) is 2.92. The molecule has 1 aliphatic heterocycles. The number of piperidine rings is 1. The van der Waals surface area contributed by atoms with E-state index in [2.05, 4.69) is 0 Å². The third-order valence-corrected chi connectivity index (χ3v) is 4.82. The van der Waals surface area contributed by atoms with E-state index in [1.807, 2.05) is 42.5 Å². The van der Waals surface area contributed by atoms with Gasteiger partial charge >= 0.3 is 0 Å². The summed E-state index contributed by atoms with van der Waals surface area (Å²) >= 11 is 0. The number of nitrogens with zero attached hydrogens (tertiary/aromatic N) is 1. The third-order valence-electron chi connectivity index (χ3n) is 4.82. The van der Waals surface area contributed by atoms with Crippen LogP contribution in [0.4, 0.5) is 0 Å². The minimum absolute atomic E-state index is 0.127. The summed E-state index contributed by atoms with van der Waals surface area (Å²) in [5, 5.41) is 3.14. The molecule has 1 fully saturated rings. The van der Waals surface area contributed by atoms with Crippen molar-refractivity contribution in [2.45, 2.75) is 12.8 Å². The standard InChI is InChI=1S/C19H18N2O3/c20-18(22)13-7-9-21(10-8-13)19(23)17-11-15-14-4-2-1-3-12(14)5-6-16(15)24-17/h1-6,11,13H,7-10H2,(H2,20,22). The van der Waals surface area contributed by atoms with Crippen LogP contribution < -0.4 is 5.73 Å². The van der Waals surface area contributed by atoms with Crippen LogP contribution in [0.15, 0.2) is 46.9 Å². The number of fused-ring (bicyclic) bond motifs is 3. The first-order valence-electron chi connectivity index (χ1n) is 8.13. The summed E-state index contributed by atoms with van der Waals surface area (Å²) in [4.78, 5) is 25.7. The van der Waals surface area contributed by atoms with E-state index in [1.165, 1.54) is 0 Å². The second kappa shape index (κ2) is 5.67. The Bertz CT molecular complexity index is 936. The number of carbonyl (C=O) groups is 2. The van der Waals surface area contributed by atoms with Crippen molar-refractivity contribution in [2.75, 3.05) is 13.1 Å². The molecule has 3 aromatic rings. The topological polar surface area (TPSA) is 76.5 Å². The molecule has 1 saturated heterocycles. The summed E-state index contributed by atoms with van der Waals surface area (Å²) in [6.45, 7) is 1.06. The maximum absolute atomic E-state index is 12.7. The number of likely N-dealkylation sites (tertiary alicyclic amines) is 1. The molecule has 2 N–H and O–H groups in total. The van der Waals surface area contributed by atoms with E-state index in [0.29, 0.717) is 37.3 Å². The van der Waals surface area contributed by atoms with Crippen molar-refractivity contribution in [2.24, 2.45) is 11.7 Å². The normalized spacial score (nSPS) is 15.9. The molecule has 5 nitrogen and oxygen atoms in total. The molecule has 0 bridgehead atoms. The zero-order valence-electron chi connectivity index (χ0n) is 13.2. The number of benzene rings is 2. The van der Waals surface area contributed by atoms with Crippen molar-refractivity contribution in [1.29, 1.82) is 0 Å². The summed E-state index contributed by atoms with van der Waals surface area (Å²) in [5.41, 5.74) is 6.05. The van der Waals surface area contributed by atoms with E-state index in [1.54, 1.807) is 4.90 Å². The molecule has 0 saturated carbocycles. The predicted molar refractivity (Wildman–Crippen MR) is 91.5 cm³/mol. The van der Waals surface area contributed by atoms with Gasteiger partial charge in [-0.2, -0.15) is 0 Å². The summed E-state index contributed by atoms with van der Waals surface area (Å²) in [7, 11) is 0. The van der Waals surface area contributed by atoms with E-state index in [0.717, 1.165) is 16.2 Å². The van der Waals surface area contributed by atoms with Crippen LogP contribution in [0.2, 0.25) is 0 Å². The quantitative estimate of drug-likeness (QED) is 0.788. The van der Waals surface area contributed by atoms with Crippen molar-refractivity contribution in [1.82, 2.24) is 4.90 Å². The molecule has 0 spiro atoms. The van der Waals surface area contributed by atoms with Crippen LogP contribution in [0.3, 0.4) is 0 Å². The highest BCUT2D eigenvalue weighted by atomic mass is 16.3. The number of furan rings is 1. The smallest absolute Gasteiger partial charge is 0.289 e. The lowest BCUT2D eigenvalue weighted by atomic mass is 9.96. The minimum atomic E-state index is -0.280. The Labute approximate surface area is 139 Å². The lowest BCUT2D eigenvalue weighted by molar-refractivity contribution is -0.123. The highest BCUT2D eigenvalue weighted by Crippen LogP contribution is 2.29. The van der Waals surface area contributed by atoms with Crippen LogP contribution in [0.1, 0.15) is 23.4 Å². The monoisotopic (exact) mass is 322 g/mol. The molecule has 2 heterocycles. The third kappa shape index (κ3) is 2.42. The first-order valence-corrected chi connectivity index (χ1v) is 8.13. The molecular weight excluding hydrogens is 304 g/mol. The SMILES string of the molecule is NC(=O)C1CCN(C(=O)c2cc3c(ccc4ccccc43)o2)CC1. The Morgan fingerprint density at radius 1 is 1.04 bits per heavy atom. The highest BCUT2D eigenvalue weighted by Gasteiger charge is 2.28. The lowest BCUT2D eigenvalue weighted by Gasteiger charge is -2.29. The first-order chi connectivity index (χ1) is 11.6. The molecule has 2 amide bonds. The molecule has 2 aromatic carbocycles. The number of hydrogen-bond acceptors (Lipinski definition) is 3. The molecule has 0 atom stereocenters. The van der Waals surface area contributed by atoms with Gasteiger partial charge in [-0.15, -0.1) is 0 Å². The molecule has 5 heteroatoms. The summed E-state index contributed by atoms with van der Waals surface area (Å²) < 4.78 is 5.78. The second-order valence-corrected chi connectivity index (χ2v) is 6.28. The molecule has 0 aliphatic carbocycles. The largest absolute Gasteiger partial charge is 0.451 e. The number of primary amides is 1. The Kier molecular flexibility index (Phi) is 3.49. The van der Waals surface area contributed by atoms with Gasteiger partial charge in [0.25, 0.3) is 5.91 Å². The van der Waals surface area contributed by atoms with Gasteiger partial charge in [-0.1, -0.05) is 30.3 Å². The minimum Gasteiger partial charge on any atom is -0.451 e. The fourth-order valence-electron chi connectivity index (χ4n) is 3.42.